The minimum atomic E-state index is -4.31. The molecule has 1 N–H and O–H groups in total. The lowest BCUT2D eigenvalue weighted by atomic mass is 10.3. The van der Waals surface area contributed by atoms with Crippen LogP contribution < -0.4 is 0 Å². The summed E-state index contributed by atoms with van der Waals surface area (Å²) >= 11 is 0. The van der Waals surface area contributed by atoms with E-state index in [-0.39, 0.29) is 0 Å². The van der Waals surface area contributed by atoms with Gasteiger partial charge in [0.15, 0.2) is 0 Å². The van der Waals surface area contributed by atoms with Gasteiger partial charge in [-0.3, -0.25) is 4.55 Å². The van der Waals surface area contributed by atoms with E-state index in [0.29, 0.717) is 15.0 Å². The number of fused-ring (bicyclic) bond motifs is 1. The molecule has 0 atom stereocenters. The van der Waals surface area contributed by atoms with Crippen LogP contribution in [0.1, 0.15) is 0 Å². The molecule has 1 aromatic carbocycles. The molecular formula is C7H5N2O3S. The molecule has 0 aliphatic carbocycles. The summed E-state index contributed by atoms with van der Waals surface area (Å²) < 4.78 is 30.7. The second kappa shape index (κ2) is 2.54. The summed E-state index contributed by atoms with van der Waals surface area (Å²) in [6.07, 6.45) is 2.47. The van der Waals surface area contributed by atoms with Crippen LogP contribution in [0.5, 0.6) is 0 Å². The molecule has 0 amide bonds. The molecule has 2 rings (SSSR count). The molecule has 0 bridgehead atoms. The van der Waals surface area contributed by atoms with Crippen molar-refractivity contribution in [2.45, 2.75) is 0 Å². The third-order valence-electron chi connectivity index (χ3n) is 1.59. The number of para-hydroxylation sites is 1. The van der Waals surface area contributed by atoms with Crippen molar-refractivity contribution >= 4 is 21.2 Å². The fourth-order valence-corrected chi connectivity index (χ4v) is 1.62. The van der Waals surface area contributed by atoms with E-state index in [1.165, 1.54) is 6.07 Å². The Labute approximate surface area is 74.5 Å². The number of hydrogen-bond acceptors (Lipinski definition) is 3. The smallest absolute Gasteiger partial charge is 0.268 e. The van der Waals surface area contributed by atoms with Crippen LogP contribution in [0.4, 0.5) is 0 Å². The summed E-state index contributed by atoms with van der Waals surface area (Å²) in [6, 6.07) is 6.57. The highest BCUT2D eigenvalue weighted by Gasteiger charge is 2.12. The maximum atomic E-state index is 10.7. The number of nitrogens with zero attached hydrogens (tertiary/aromatic N) is 2. The molecule has 0 aliphatic heterocycles. The molecule has 1 heterocycles. The van der Waals surface area contributed by atoms with Crippen LogP contribution in [0, 0.1) is 6.20 Å². The van der Waals surface area contributed by atoms with Gasteiger partial charge < -0.3 is 0 Å². The molecule has 0 saturated carbocycles. The van der Waals surface area contributed by atoms with Crippen molar-refractivity contribution in [3.8, 4) is 0 Å². The molecule has 0 saturated heterocycles. The van der Waals surface area contributed by atoms with E-state index in [1.54, 1.807) is 18.2 Å². The highest BCUT2D eigenvalue weighted by Crippen LogP contribution is 2.12. The summed E-state index contributed by atoms with van der Waals surface area (Å²) in [4.78, 5) is 0. The molecule has 13 heavy (non-hydrogen) atoms. The molecule has 5 nitrogen and oxygen atoms in total. The van der Waals surface area contributed by atoms with Gasteiger partial charge in [-0.1, -0.05) is 18.2 Å². The minimum Gasteiger partial charge on any atom is -0.268 e. The Morgan fingerprint density at radius 2 is 2.08 bits per heavy atom. The summed E-state index contributed by atoms with van der Waals surface area (Å²) in [6.45, 7) is 0. The first-order chi connectivity index (χ1) is 6.09. The van der Waals surface area contributed by atoms with Gasteiger partial charge in [0.05, 0.1) is 5.52 Å². The molecule has 0 fully saturated rings. The van der Waals surface area contributed by atoms with Gasteiger partial charge in [0.1, 0.15) is 6.20 Å². The van der Waals surface area contributed by atoms with E-state index < -0.39 is 10.3 Å². The number of rotatable bonds is 1. The zero-order valence-electron chi connectivity index (χ0n) is 6.38. The average Bonchev–Trinajstić information content (AvgIpc) is 2.45. The molecule has 6 heteroatoms. The van der Waals surface area contributed by atoms with E-state index in [2.05, 4.69) is 11.3 Å². The zero-order valence-corrected chi connectivity index (χ0v) is 7.19. The van der Waals surface area contributed by atoms with Crippen molar-refractivity contribution in [2.24, 2.45) is 0 Å². The third-order valence-corrected chi connectivity index (χ3v) is 2.31. The Morgan fingerprint density at radius 3 is 2.77 bits per heavy atom. The fourth-order valence-electron chi connectivity index (χ4n) is 1.06. The van der Waals surface area contributed by atoms with Crippen LogP contribution in [0.3, 0.4) is 0 Å². The second-order valence-corrected chi connectivity index (χ2v) is 3.69. The Kier molecular flexibility index (Phi) is 1.61. The van der Waals surface area contributed by atoms with Gasteiger partial charge in [0.2, 0.25) is 0 Å². The quantitative estimate of drug-likeness (QED) is 0.675. The third kappa shape index (κ3) is 1.30. The fraction of sp³-hybridized carbons (Fsp3) is 0. The Balaban J connectivity index is 2.87. The molecule has 0 unspecified atom stereocenters. The first-order valence-electron chi connectivity index (χ1n) is 3.42. The number of hydrogen-bond donors (Lipinski definition) is 1. The van der Waals surface area contributed by atoms with Crippen molar-refractivity contribution in [1.82, 2.24) is 9.19 Å². The minimum absolute atomic E-state index is 0.310. The van der Waals surface area contributed by atoms with Crippen molar-refractivity contribution in [1.29, 1.82) is 0 Å². The van der Waals surface area contributed by atoms with Crippen LogP contribution in [0.25, 0.3) is 10.9 Å². The average molecular weight is 197 g/mol. The number of benzene rings is 1. The van der Waals surface area contributed by atoms with Crippen LogP contribution in [-0.2, 0) is 10.3 Å². The zero-order chi connectivity index (χ0) is 9.47. The Hall–Kier alpha value is -1.40. The highest BCUT2D eigenvalue weighted by molar-refractivity contribution is 7.84. The lowest BCUT2D eigenvalue weighted by Crippen LogP contribution is -2.11. The molecule has 67 valence electrons. The summed E-state index contributed by atoms with van der Waals surface area (Å²) in [5.41, 5.74) is 0.310. The van der Waals surface area contributed by atoms with E-state index >= 15 is 0 Å². The first-order valence-corrected chi connectivity index (χ1v) is 4.82. The predicted molar refractivity (Wildman–Crippen MR) is 45.5 cm³/mol. The van der Waals surface area contributed by atoms with Crippen molar-refractivity contribution in [3.63, 3.8) is 0 Å². The van der Waals surface area contributed by atoms with E-state index in [4.69, 9.17) is 4.55 Å². The normalized spacial score (nSPS) is 12.1. The van der Waals surface area contributed by atoms with Gasteiger partial charge in [-0.25, -0.2) is 0 Å². The molecule has 2 aromatic rings. The lowest BCUT2D eigenvalue weighted by molar-refractivity contribution is 0.468. The largest absolute Gasteiger partial charge is 0.379 e. The van der Waals surface area contributed by atoms with Gasteiger partial charge in [-0.2, -0.15) is 13.5 Å². The summed E-state index contributed by atoms with van der Waals surface area (Å²) in [5.74, 6) is 0. The standard InChI is InChI=1S/C7H5N2O3S/c10-13(11,12)9-7-4-2-1-3-6(7)5-8-9/h1-4H,(H,10,11,12). The van der Waals surface area contributed by atoms with Gasteiger partial charge in [-0.05, 0) is 6.07 Å². The SMILES string of the molecule is O=S(=O)(O)n1n[c]c2ccccc21. The van der Waals surface area contributed by atoms with Gasteiger partial charge in [0, 0.05) is 5.39 Å². The Bertz CT molecular complexity index is 544. The predicted octanol–water partition coefficient (Wildman–Crippen LogP) is 0.487. The molecule has 0 aliphatic rings. The van der Waals surface area contributed by atoms with Crippen molar-refractivity contribution in [3.05, 3.63) is 30.5 Å². The van der Waals surface area contributed by atoms with Gasteiger partial charge in [-0.15, -0.1) is 4.09 Å². The number of aromatic nitrogens is 2. The monoisotopic (exact) mass is 197 g/mol. The first kappa shape index (κ1) is 8.21. The van der Waals surface area contributed by atoms with Crippen molar-refractivity contribution in [2.75, 3.05) is 0 Å². The summed E-state index contributed by atoms with van der Waals surface area (Å²) in [5, 5.41) is 3.96. The van der Waals surface area contributed by atoms with Crippen LogP contribution in [-0.4, -0.2) is 22.2 Å². The molecule has 0 spiro atoms. The Morgan fingerprint density at radius 1 is 1.38 bits per heavy atom. The maximum absolute atomic E-state index is 10.7. The summed E-state index contributed by atoms with van der Waals surface area (Å²) in [7, 11) is -4.31. The lowest BCUT2D eigenvalue weighted by Gasteiger charge is -1.96. The molecular weight excluding hydrogens is 192 g/mol. The molecule has 1 aromatic heterocycles. The maximum Gasteiger partial charge on any atom is 0.379 e. The van der Waals surface area contributed by atoms with Crippen LogP contribution in [0.15, 0.2) is 24.3 Å². The highest BCUT2D eigenvalue weighted by atomic mass is 32.2. The van der Waals surface area contributed by atoms with Crippen molar-refractivity contribution < 1.29 is 13.0 Å². The van der Waals surface area contributed by atoms with Gasteiger partial charge in [0.25, 0.3) is 0 Å². The van der Waals surface area contributed by atoms with E-state index in [9.17, 15) is 8.42 Å². The van der Waals surface area contributed by atoms with E-state index in [0.717, 1.165) is 0 Å². The second-order valence-electron chi connectivity index (χ2n) is 2.45. The van der Waals surface area contributed by atoms with Crippen LogP contribution in [0.2, 0.25) is 0 Å². The van der Waals surface area contributed by atoms with Crippen LogP contribution >= 0.6 is 0 Å². The van der Waals surface area contributed by atoms with E-state index in [1.807, 2.05) is 0 Å². The topological polar surface area (TPSA) is 72.2 Å². The molecule has 1 radical (unpaired) electrons. The van der Waals surface area contributed by atoms with Gasteiger partial charge >= 0.3 is 10.3 Å².